The first-order valence-electron chi connectivity index (χ1n) is 9.08. The molecule has 0 saturated carbocycles. The van der Waals surface area contributed by atoms with E-state index in [-0.39, 0.29) is 5.91 Å². The van der Waals surface area contributed by atoms with E-state index in [1.54, 1.807) is 24.3 Å². The van der Waals surface area contributed by atoms with Crippen LogP contribution in [0.4, 0.5) is 5.69 Å². The smallest absolute Gasteiger partial charge is 0.255 e. The maximum Gasteiger partial charge on any atom is 0.255 e. The average molecular weight is 396 g/mol. The topological polar surface area (TPSA) is 47.6 Å². The molecule has 0 fully saturated rings. The Morgan fingerprint density at radius 3 is 2.50 bits per heavy atom. The van der Waals surface area contributed by atoms with Gasteiger partial charge in [0.2, 0.25) is 0 Å². The first-order chi connectivity index (χ1) is 13.6. The van der Waals surface area contributed by atoms with Gasteiger partial charge in [-0.2, -0.15) is 0 Å². The molecule has 1 N–H and O–H groups in total. The highest BCUT2D eigenvalue weighted by atomic mass is 35.5. The monoisotopic (exact) mass is 395 g/mol. The lowest BCUT2D eigenvalue weighted by molar-refractivity contribution is 0.102. The van der Waals surface area contributed by atoms with Crippen LogP contribution in [-0.4, -0.2) is 12.5 Å². The van der Waals surface area contributed by atoms with Crippen molar-refractivity contribution >= 4 is 23.2 Å². The molecule has 3 aromatic carbocycles. The average Bonchev–Trinajstić information content (AvgIpc) is 2.71. The van der Waals surface area contributed by atoms with Gasteiger partial charge in [-0.3, -0.25) is 4.79 Å². The summed E-state index contributed by atoms with van der Waals surface area (Å²) in [6.45, 7) is 4.67. The fourth-order valence-corrected chi connectivity index (χ4v) is 2.86. The van der Waals surface area contributed by atoms with Crippen LogP contribution in [0.15, 0.2) is 66.7 Å². The van der Waals surface area contributed by atoms with Crippen molar-refractivity contribution in [3.8, 4) is 11.5 Å². The second-order valence-corrected chi connectivity index (χ2v) is 6.68. The minimum Gasteiger partial charge on any atom is -0.493 e. The van der Waals surface area contributed by atoms with E-state index in [2.05, 4.69) is 5.32 Å². The summed E-state index contributed by atoms with van der Waals surface area (Å²) in [4.78, 5) is 12.7. The van der Waals surface area contributed by atoms with Crippen LogP contribution in [-0.2, 0) is 6.61 Å². The Morgan fingerprint density at radius 1 is 1.00 bits per heavy atom. The third kappa shape index (κ3) is 5.05. The molecule has 3 rings (SSSR count). The molecule has 0 radical (unpaired) electrons. The van der Waals surface area contributed by atoms with Crippen LogP contribution in [0, 0.1) is 6.92 Å². The van der Waals surface area contributed by atoms with Gasteiger partial charge in [0.15, 0.2) is 0 Å². The lowest BCUT2D eigenvalue weighted by atomic mass is 10.1. The molecule has 0 aliphatic heterocycles. The van der Waals surface area contributed by atoms with E-state index in [1.807, 2.05) is 56.3 Å². The van der Waals surface area contributed by atoms with Gasteiger partial charge in [0, 0.05) is 21.8 Å². The fourth-order valence-electron chi connectivity index (χ4n) is 2.68. The molecule has 0 aliphatic carbocycles. The molecule has 0 saturated heterocycles. The summed E-state index contributed by atoms with van der Waals surface area (Å²) in [5.74, 6) is 1.24. The van der Waals surface area contributed by atoms with Gasteiger partial charge in [-0.05, 0) is 61.9 Å². The number of aryl methyl sites for hydroxylation is 1. The largest absolute Gasteiger partial charge is 0.493 e. The van der Waals surface area contributed by atoms with Crippen LogP contribution in [0.25, 0.3) is 0 Å². The van der Waals surface area contributed by atoms with Crippen molar-refractivity contribution in [2.75, 3.05) is 11.9 Å². The fraction of sp³-hybridized carbons (Fsp3) is 0.174. The number of amides is 1. The van der Waals surface area contributed by atoms with E-state index in [0.717, 1.165) is 16.9 Å². The van der Waals surface area contributed by atoms with Crippen molar-refractivity contribution in [2.45, 2.75) is 20.5 Å². The number of hydrogen-bond donors (Lipinski definition) is 1. The zero-order valence-electron chi connectivity index (χ0n) is 15.9. The number of nitrogens with one attached hydrogen (secondary N) is 1. The van der Waals surface area contributed by atoms with Crippen LogP contribution < -0.4 is 14.8 Å². The molecule has 4 nitrogen and oxygen atoms in total. The van der Waals surface area contributed by atoms with Crippen LogP contribution in [0.3, 0.4) is 0 Å². The molecule has 0 bridgehead atoms. The van der Waals surface area contributed by atoms with Gasteiger partial charge in [0.1, 0.15) is 18.1 Å². The summed E-state index contributed by atoms with van der Waals surface area (Å²) in [6.07, 6.45) is 0. The van der Waals surface area contributed by atoms with Gasteiger partial charge in [-0.15, -0.1) is 0 Å². The third-order valence-electron chi connectivity index (χ3n) is 4.19. The third-order valence-corrected chi connectivity index (χ3v) is 4.60. The van der Waals surface area contributed by atoms with Crippen molar-refractivity contribution in [2.24, 2.45) is 0 Å². The normalized spacial score (nSPS) is 10.4. The Morgan fingerprint density at radius 2 is 1.79 bits per heavy atom. The summed E-state index contributed by atoms with van der Waals surface area (Å²) < 4.78 is 11.5. The minimum absolute atomic E-state index is 0.219. The number of hydrogen-bond acceptors (Lipinski definition) is 3. The van der Waals surface area contributed by atoms with Crippen LogP contribution in [0.5, 0.6) is 11.5 Å². The predicted molar refractivity (Wildman–Crippen MR) is 113 cm³/mol. The van der Waals surface area contributed by atoms with E-state index < -0.39 is 0 Å². The molecular formula is C23H22ClNO3. The Bertz CT molecular complexity index is 957. The molecule has 144 valence electrons. The highest BCUT2D eigenvalue weighted by Gasteiger charge is 2.12. The standard InChI is InChI=1S/C23H22ClNO3/c1-3-27-22-12-10-17(13-18(22)15-28-20-7-5-4-6-8-20)23(26)25-19-11-9-16(2)21(24)14-19/h4-14H,3,15H2,1-2H3,(H,25,26). The summed E-state index contributed by atoms with van der Waals surface area (Å²) in [5.41, 5.74) is 2.93. The highest BCUT2D eigenvalue weighted by molar-refractivity contribution is 6.31. The number of anilines is 1. The Hall–Kier alpha value is -2.98. The van der Waals surface area contributed by atoms with Crippen LogP contribution in [0.1, 0.15) is 28.4 Å². The number of carbonyl (C=O) groups excluding carboxylic acids is 1. The lowest BCUT2D eigenvalue weighted by Gasteiger charge is -2.14. The Labute approximate surface area is 170 Å². The van der Waals surface area contributed by atoms with Crippen LogP contribution >= 0.6 is 11.6 Å². The summed E-state index contributed by atoms with van der Waals surface area (Å²) in [7, 11) is 0. The van der Waals surface area contributed by atoms with Gasteiger partial charge in [0.05, 0.1) is 6.61 Å². The highest BCUT2D eigenvalue weighted by Crippen LogP contribution is 2.24. The first-order valence-corrected chi connectivity index (χ1v) is 9.45. The zero-order valence-corrected chi connectivity index (χ0v) is 16.6. The number of carbonyl (C=O) groups is 1. The molecule has 0 unspecified atom stereocenters. The minimum atomic E-state index is -0.219. The van der Waals surface area contributed by atoms with Crippen molar-refractivity contribution in [3.05, 3.63) is 88.4 Å². The van der Waals surface area contributed by atoms with Gasteiger partial charge < -0.3 is 14.8 Å². The van der Waals surface area contributed by atoms with E-state index in [9.17, 15) is 4.79 Å². The molecule has 0 spiro atoms. The number of rotatable bonds is 7. The van der Waals surface area contributed by atoms with Crippen molar-refractivity contribution in [3.63, 3.8) is 0 Å². The Kier molecular flexibility index (Phi) is 6.56. The van der Waals surface area contributed by atoms with Gasteiger partial charge in [-0.25, -0.2) is 0 Å². The SMILES string of the molecule is CCOc1ccc(C(=O)Nc2ccc(C)c(Cl)c2)cc1COc1ccccc1. The van der Waals surface area contributed by atoms with Crippen molar-refractivity contribution in [1.82, 2.24) is 0 Å². The molecule has 0 heterocycles. The number of benzene rings is 3. The van der Waals surface area contributed by atoms with Crippen molar-refractivity contribution < 1.29 is 14.3 Å². The summed E-state index contributed by atoms with van der Waals surface area (Å²) in [6, 6.07) is 20.3. The van der Waals surface area contributed by atoms with E-state index in [4.69, 9.17) is 21.1 Å². The zero-order chi connectivity index (χ0) is 19.9. The lowest BCUT2D eigenvalue weighted by Crippen LogP contribution is -2.13. The molecule has 28 heavy (non-hydrogen) atoms. The molecule has 3 aromatic rings. The van der Waals surface area contributed by atoms with E-state index >= 15 is 0 Å². The molecule has 0 atom stereocenters. The second kappa shape index (κ2) is 9.29. The molecule has 0 aliphatic rings. The summed E-state index contributed by atoms with van der Waals surface area (Å²) in [5, 5.41) is 3.49. The number of ether oxygens (including phenoxy) is 2. The Balaban J connectivity index is 1.78. The number of para-hydroxylation sites is 1. The van der Waals surface area contributed by atoms with E-state index in [1.165, 1.54) is 0 Å². The second-order valence-electron chi connectivity index (χ2n) is 6.28. The predicted octanol–water partition coefficient (Wildman–Crippen LogP) is 5.88. The maximum atomic E-state index is 12.7. The van der Waals surface area contributed by atoms with Gasteiger partial charge in [-0.1, -0.05) is 35.9 Å². The van der Waals surface area contributed by atoms with Gasteiger partial charge in [0.25, 0.3) is 5.91 Å². The molecule has 5 heteroatoms. The quantitative estimate of drug-likeness (QED) is 0.543. The van der Waals surface area contributed by atoms with E-state index in [0.29, 0.717) is 35.2 Å². The first kappa shape index (κ1) is 19.8. The summed E-state index contributed by atoms with van der Waals surface area (Å²) >= 11 is 6.14. The maximum absolute atomic E-state index is 12.7. The molecule has 0 aromatic heterocycles. The van der Waals surface area contributed by atoms with Gasteiger partial charge >= 0.3 is 0 Å². The van der Waals surface area contributed by atoms with Crippen molar-refractivity contribution in [1.29, 1.82) is 0 Å². The van der Waals surface area contributed by atoms with Crippen LogP contribution in [0.2, 0.25) is 5.02 Å². The molecule has 1 amide bonds. The molecular weight excluding hydrogens is 374 g/mol. The number of halogens is 1.